The Bertz CT molecular complexity index is 926. The number of anilines is 2. The minimum atomic E-state index is -3.60. The average molecular weight is 404 g/mol. The number of sulfonamides is 1. The summed E-state index contributed by atoms with van der Waals surface area (Å²) in [6.45, 7) is 5.20. The number of aryl methyl sites for hydroxylation is 1. The fraction of sp³-hybridized carbons (Fsp3) is 0.421. The topological polar surface area (TPSA) is 104 Å². The molecule has 0 radical (unpaired) electrons. The lowest BCUT2D eigenvalue weighted by Gasteiger charge is -2.32. The minimum absolute atomic E-state index is 0.194. The van der Waals surface area contributed by atoms with Gasteiger partial charge in [0.15, 0.2) is 0 Å². The van der Waals surface area contributed by atoms with Crippen LogP contribution in [0.4, 0.5) is 11.5 Å². The van der Waals surface area contributed by atoms with Gasteiger partial charge in [0.1, 0.15) is 5.82 Å². The van der Waals surface area contributed by atoms with E-state index in [1.165, 1.54) is 13.0 Å². The molecule has 1 amide bonds. The number of carbonyl (C=O) groups is 1. The van der Waals surface area contributed by atoms with E-state index in [1.807, 2.05) is 0 Å². The van der Waals surface area contributed by atoms with E-state index in [2.05, 4.69) is 24.9 Å². The van der Waals surface area contributed by atoms with E-state index in [4.69, 9.17) is 0 Å². The summed E-state index contributed by atoms with van der Waals surface area (Å²) in [5, 5.41) is 2.66. The Kier molecular flexibility index (Phi) is 6.25. The molecule has 0 spiro atoms. The van der Waals surface area contributed by atoms with Crippen LogP contribution in [0.1, 0.15) is 25.3 Å². The molecule has 1 saturated heterocycles. The second kappa shape index (κ2) is 8.66. The Morgan fingerprint density at radius 1 is 1.25 bits per heavy atom. The molecule has 0 unspecified atom stereocenters. The SMILES string of the molecule is CC(=O)Nc1ccc(S(=O)(=O)NCC2CCN(c3cnccn3)CC2)c(C)c1. The summed E-state index contributed by atoms with van der Waals surface area (Å²) in [6.07, 6.45) is 6.85. The molecule has 0 saturated carbocycles. The number of nitrogens with zero attached hydrogens (tertiary/aromatic N) is 3. The van der Waals surface area contributed by atoms with Crippen LogP contribution in [0.15, 0.2) is 41.7 Å². The predicted molar refractivity (Wildman–Crippen MR) is 108 cm³/mol. The molecule has 3 rings (SSSR count). The molecule has 28 heavy (non-hydrogen) atoms. The number of hydrogen-bond donors (Lipinski definition) is 2. The first-order valence-electron chi connectivity index (χ1n) is 9.24. The van der Waals surface area contributed by atoms with Gasteiger partial charge in [0.2, 0.25) is 15.9 Å². The maximum absolute atomic E-state index is 12.7. The van der Waals surface area contributed by atoms with Crippen molar-refractivity contribution in [1.82, 2.24) is 14.7 Å². The standard InChI is InChI=1S/C19H25N5O3S/c1-14-11-17(23-15(2)25)3-4-18(14)28(26,27)22-12-16-5-9-24(10-6-16)19-13-20-7-8-21-19/h3-4,7-8,11,13,16,22H,5-6,9-10,12H2,1-2H3,(H,23,25). The van der Waals surface area contributed by atoms with Gasteiger partial charge < -0.3 is 10.2 Å². The largest absolute Gasteiger partial charge is 0.355 e. The quantitative estimate of drug-likeness (QED) is 0.764. The van der Waals surface area contributed by atoms with Crippen molar-refractivity contribution in [2.45, 2.75) is 31.6 Å². The molecule has 150 valence electrons. The molecule has 1 aromatic carbocycles. The zero-order valence-electron chi connectivity index (χ0n) is 16.1. The highest BCUT2D eigenvalue weighted by molar-refractivity contribution is 7.89. The van der Waals surface area contributed by atoms with Gasteiger partial charge in [-0.25, -0.2) is 18.1 Å². The number of rotatable bonds is 6. The Hall–Kier alpha value is -2.52. The summed E-state index contributed by atoms with van der Waals surface area (Å²) in [5.74, 6) is 0.944. The van der Waals surface area contributed by atoms with Crippen LogP contribution in [-0.4, -0.2) is 43.9 Å². The summed E-state index contributed by atoms with van der Waals surface area (Å²) in [5.41, 5.74) is 1.18. The van der Waals surface area contributed by atoms with Gasteiger partial charge >= 0.3 is 0 Å². The van der Waals surface area contributed by atoms with Crippen LogP contribution < -0.4 is 14.9 Å². The van der Waals surface area contributed by atoms with Gasteiger partial charge in [0.25, 0.3) is 0 Å². The summed E-state index contributed by atoms with van der Waals surface area (Å²) in [7, 11) is -3.60. The van der Waals surface area contributed by atoms with E-state index >= 15 is 0 Å². The molecule has 2 N–H and O–H groups in total. The highest BCUT2D eigenvalue weighted by atomic mass is 32.2. The highest BCUT2D eigenvalue weighted by Gasteiger charge is 2.23. The molecular formula is C19H25N5O3S. The first-order chi connectivity index (χ1) is 13.3. The maximum Gasteiger partial charge on any atom is 0.240 e. The van der Waals surface area contributed by atoms with Crippen molar-refractivity contribution in [1.29, 1.82) is 0 Å². The third-order valence-corrected chi connectivity index (χ3v) is 6.42. The van der Waals surface area contributed by atoms with E-state index in [9.17, 15) is 13.2 Å². The normalized spacial score (nSPS) is 15.4. The number of hydrogen-bond acceptors (Lipinski definition) is 6. The lowest BCUT2D eigenvalue weighted by atomic mass is 9.97. The molecule has 0 aliphatic carbocycles. The third-order valence-electron chi connectivity index (χ3n) is 4.83. The van der Waals surface area contributed by atoms with Crippen LogP contribution in [0.3, 0.4) is 0 Å². The molecule has 0 bridgehead atoms. The van der Waals surface area contributed by atoms with Gasteiger partial charge in [-0.05, 0) is 49.4 Å². The van der Waals surface area contributed by atoms with Crippen molar-refractivity contribution in [3.63, 3.8) is 0 Å². The summed E-state index contributed by atoms with van der Waals surface area (Å²) in [4.78, 5) is 22.0. The highest BCUT2D eigenvalue weighted by Crippen LogP contribution is 2.23. The van der Waals surface area contributed by atoms with Crippen LogP contribution in [0, 0.1) is 12.8 Å². The van der Waals surface area contributed by atoms with Crippen LogP contribution in [0.5, 0.6) is 0 Å². The van der Waals surface area contributed by atoms with E-state index in [0.717, 1.165) is 31.7 Å². The summed E-state index contributed by atoms with van der Waals surface area (Å²) in [6, 6.07) is 4.79. The van der Waals surface area contributed by atoms with Crippen molar-refractivity contribution >= 4 is 27.4 Å². The van der Waals surface area contributed by atoms with Crippen LogP contribution in [0.2, 0.25) is 0 Å². The van der Waals surface area contributed by atoms with Crippen molar-refractivity contribution < 1.29 is 13.2 Å². The number of carbonyl (C=O) groups excluding carboxylic acids is 1. The van der Waals surface area contributed by atoms with Gasteiger partial charge in [-0.2, -0.15) is 0 Å². The Labute approximate surface area is 165 Å². The number of piperidine rings is 1. The van der Waals surface area contributed by atoms with E-state index in [-0.39, 0.29) is 16.7 Å². The molecule has 1 fully saturated rings. The molecule has 2 heterocycles. The van der Waals surface area contributed by atoms with Gasteiger partial charge in [-0.1, -0.05) is 0 Å². The fourth-order valence-electron chi connectivity index (χ4n) is 3.36. The lowest BCUT2D eigenvalue weighted by molar-refractivity contribution is -0.114. The molecule has 0 atom stereocenters. The van der Waals surface area contributed by atoms with Crippen LogP contribution in [-0.2, 0) is 14.8 Å². The second-order valence-corrected chi connectivity index (χ2v) is 8.74. The van der Waals surface area contributed by atoms with E-state index < -0.39 is 10.0 Å². The Balaban J connectivity index is 1.56. The number of amides is 1. The van der Waals surface area contributed by atoms with Crippen molar-refractivity contribution in [2.75, 3.05) is 29.9 Å². The van der Waals surface area contributed by atoms with E-state index in [0.29, 0.717) is 17.8 Å². The maximum atomic E-state index is 12.7. The first kappa shape index (κ1) is 20.2. The van der Waals surface area contributed by atoms with Crippen LogP contribution in [0.25, 0.3) is 0 Å². The summed E-state index contributed by atoms with van der Waals surface area (Å²) >= 11 is 0. The number of nitrogens with one attached hydrogen (secondary N) is 2. The second-order valence-electron chi connectivity index (χ2n) is 7.01. The van der Waals surface area contributed by atoms with Crippen molar-refractivity contribution in [3.8, 4) is 0 Å². The predicted octanol–water partition coefficient (Wildman–Crippen LogP) is 1.94. The van der Waals surface area contributed by atoms with Crippen LogP contribution >= 0.6 is 0 Å². The van der Waals surface area contributed by atoms with E-state index in [1.54, 1.807) is 37.6 Å². The monoisotopic (exact) mass is 403 g/mol. The molecule has 2 aromatic rings. The zero-order valence-corrected chi connectivity index (χ0v) is 16.9. The minimum Gasteiger partial charge on any atom is -0.355 e. The lowest BCUT2D eigenvalue weighted by Crippen LogP contribution is -2.39. The molecule has 9 heteroatoms. The first-order valence-corrected chi connectivity index (χ1v) is 10.7. The zero-order chi connectivity index (χ0) is 20.1. The Morgan fingerprint density at radius 2 is 2.00 bits per heavy atom. The number of benzene rings is 1. The smallest absolute Gasteiger partial charge is 0.240 e. The number of aromatic nitrogens is 2. The molecule has 1 aliphatic rings. The molecule has 1 aromatic heterocycles. The third kappa shape index (κ3) is 5.05. The van der Waals surface area contributed by atoms with Gasteiger partial charge in [0, 0.05) is 44.6 Å². The van der Waals surface area contributed by atoms with Gasteiger partial charge in [-0.3, -0.25) is 9.78 Å². The summed E-state index contributed by atoms with van der Waals surface area (Å²) < 4.78 is 28.1. The van der Waals surface area contributed by atoms with Crippen molar-refractivity contribution in [3.05, 3.63) is 42.4 Å². The fourth-order valence-corrected chi connectivity index (χ4v) is 4.70. The van der Waals surface area contributed by atoms with Crippen molar-refractivity contribution in [2.24, 2.45) is 5.92 Å². The average Bonchev–Trinajstić information content (AvgIpc) is 2.67. The molecule has 1 aliphatic heterocycles. The Morgan fingerprint density at radius 3 is 2.61 bits per heavy atom. The van der Waals surface area contributed by atoms with Gasteiger partial charge in [-0.15, -0.1) is 0 Å². The van der Waals surface area contributed by atoms with Gasteiger partial charge in [0.05, 0.1) is 11.1 Å². The molecular weight excluding hydrogens is 378 g/mol. The molecule has 8 nitrogen and oxygen atoms in total.